The third-order valence-corrected chi connectivity index (χ3v) is 4.17. The standard InChI is InChI=1S/C13H15BrN2/c1-13(2,9-14)11-8-15-16-12(11)10-6-4-3-5-7-10/h3-8H,9H2,1-2H3,(H,15,16). The number of alkyl halides is 1. The second-order valence-electron chi connectivity index (χ2n) is 4.54. The predicted molar refractivity (Wildman–Crippen MR) is 70.8 cm³/mol. The lowest BCUT2D eigenvalue weighted by molar-refractivity contribution is 0.609. The maximum Gasteiger partial charge on any atom is 0.0687 e. The van der Waals surface area contributed by atoms with Crippen LogP contribution in [0.25, 0.3) is 11.3 Å². The van der Waals surface area contributed by atoms with Gasteiger partial charge in [0.2, 0.25) is 0 Å². The van der Waals surface area contributed by atoms with Gasteiger partial charge < -0.3 is 0 Å². The maximum absolute atomic E-state index is 4.17. The monoisotopic (exact) mass is 278 g/mol. The molecule has 84 valence electrons. The van der Waals surface area contributed by atoms with Crippen molar-refractivity contribution in [3.8, 4) is 11.3 Å². The first-order chi connectivity index (χ1) is 7.65. The number of halogens is 1. The number of aromatic nitrogens is 2. The van der Waals surface area contributed by atoms with E-state index in [4.69, 9.17) is 0 Å². The smallest absolute Gasteiger partial charge is 0.0687 e. The van der Waals surface area contributed by atoms with Gasteiger partial charge >= 0.3 is 0 Å². The van der Waals surface area contributed by atoms with Crippen LogP contribution in [0.1, 0.15) is 19.4 Å². The SMILES string of the molecule is CC(C)(CBr)c1cn[nH]c1-c1ccccc1. The Labute approximate surface area is 104 Å². The summed E-state index contributed by atoms with van der Waals surface area (Å²) >= 11 is 3.56. The lowest BCUT2D eigenvalue weighted by atomic mass is 9.86. The van der Waals surface area contributed by atoms with Gasteiger partial charge in [0, 0.05) is 16.3 Å². The fraction of sp³-hybridized carbons (Fsp3) is 0.308. The highest BCUT2D eigenvalue weighted by Gasteiger charge is 2.24. The molecule has 0 atom stereocenters. The van der Waals surface area contributed by atoms with Crippen LogP contribution < -0.4 is 0 Å². The number of rotatable bonds is 3. The van der Waals surface area contributed by atoms with Gasteiger partial charge in [-0.25, -0.2) is 0 Å². The van der Waals surface area contributed by atoms with Gasteiger partial charge in [-0.05, 0) is 5.56 Å². The Hall–Kier alpha value is -1.09. The van der Waals surface area contributed by atoms with Crippen LogP contribution in [0.5, 0.6) is 0 Å². The zero-order chi connectivity index (χ0) is 11.6. The number of H-pyrrole nitrogens is 1. The summed E-state index contributed by atoms with van der Waals surface area (Å²) in [6.07, 6.45) is 1.92. The highest BCUT2D eigenvalue weighted by Crippen LogP contribution is 2.32. The molecule has 2 rings (SSSR count). The van der Waals surface area contributed by atoms with E-state index in [-0.39, 0.29) is 5.41 Å². The molecule has 0 aliphatic rings. The summed E-state index contributed by atoms with van der Waals surface area (Å²) in [6.45, 7) is 4.41. The Bertz CT molecular complexity index is 460. The van der Waals surface area contributed by atoms with Crippen LogP contribution in [0.2, 0.25) is 0 Å². The number of hydrogen-bond acceptors (Lipinski definition) is 1. The van der Waals surface area contributed by atoms with E-state index in [0.717, 1.165) is 11.0 Å². The minimum atomic E-state index is 0.0815. The molecule has 0 radical (unpaired) electrons. The van der Waals surface area contributed by atoms with Gasteiger partial charge in [-0.2, -0.15) is 5.10 Å². The molecule has 3 heteroatoms. The normalized spacial score (nSPS) is 11.7. The van der Waals surface area contributed by atoms with E-state index in [1.165, 1.54) is 11.1 Å². The Morgan fingerprint density at radius 1 is 1.25 bits per heavy atom. The van der Waals surface area contributed by atoms with Crippen LogP contribution in [-0.2, 0) is 5.41 Å². The van der Waals surface area contributed by atoms with Crippen molar-refractivity contribution in [2.45, 2.75) is 19.3 Å². The number of nitrogens with one attached hydrogen (secondary N) is 1. The minimum Gasteiger partial charge on any atom is -0.278 e. The zero-order valence-electron chi connectivity index (χ0n) is 9.50. The van der Waals surface area contributed by atoms with E-state index in [1.54, 1.807) is 0 Å². The molecule has 1 heterocycles. The van der Waals surface area contributed by atoms with E-state index in [2.05, 4.69) is 52.1 Å². The van der Waals surface area contributed by atoms with Crippen LogP contribution in [0.15, 0.2) is 36.5 Å². The Morgan fingerprint density at radius 2 is 1.94 bits per heavy atom. The van der Waals surface area contributed by atoms with Crippen molar-refractivity contribution in [1.29, 1.82) is 0 Å². The molecule has 0 spiro atoms. The number of benzene rings is 1. The van der Waals surface area contributed by atoms with E-state index in [0.29, 0.717) is 0 Å². The van der Waals surface area contributed by atoms with Crippen molar-refractivity contribution >= 4 is 15.9 Å². The van der Waals surface area contributed by atoms with Crippen LogP contribution in [0, 0.1) is 0 Å². The van der Waals surface area contributed by atoms with Crippen LogP contribution in [0.3, 0.4) is 0 Å². The van der Waals surface area contributed by atoms with Crippen molar-refractivity contribution in [3.63, 3.8) is 0 Å². The molecule has 0 aliphatic carbocycles. The summed E-state index contributed by atoms with van der Waals surface area (Å²) in [5.41, 5.74) is 3.63. The van der Waals surface area contributed by atoms with Gasteiger partial charge in [0.1, 0.15) is 0 Å². The molecule has 1 N–H and O–H groups in total. The molecule has 0 aliphatic heterocycles. The first-order valence-corrected chi connectivity index (χ1v) is 6.42. The van der Waals surface area contributed by atoms with Gasteiger partial charge in [-0.3, -0.25) is 5.10 Å². The summed E-state index contributed by atoms with van der Waals surface area (Å²) in [4.78, 5) is 0. The van der Waals surface area contributed by atoms with E-state index >= 15 is 0 Å². The molecular weight excluding hydrogens is 264 g/mol. The third-order valence-electron chi connectivity index (χ3n) is 2.77. The quantitative estimate of drug-likeness (QED) is 0.852. The average molecular weight is 279 g/mol. The van der Waals surface area contributed by atoms with Crippen molar-refractivity contribution in [2.75, 3.05) is 5.33 Å². The van der Waals surface area contributed by atoms with Crippen molar-refractivity contribution in [1.82, 2.24) is 10.2 Å². The fourth-order valence-corrected chi connectivity index (χ4v) is 2.00. The van der Waals surface area contributed by atoms with Gasteiger partial charge in [0.15, 0.2) is 0 Å². The Morgan fingerprint density at radius 3 is 2.56 bits per heavy atom. The number of hydrogen-bond donors (Lipinski definition) is 1. The van der Waals surface area contributed by atoms with Gasteiger partial charge in [0.25, 0.3) is 0 Å². The topological polar surface area (TPSA) is 28.7 Å². The average Bonchev–Trinajstić information content (AvgIpc) is 2.80. The van der Waals surface area contributed by atoms with E-state index in [1.807, 2.05) is 24.4 Å². The predicted octanol–water partition coefficient (Wildman–Crippen LogP) is 3.75. The molecule has 0 bridgehead atoms. The molecule has 0 saturated carbocycles. The lowest BCUT2D eigenvalue weighted by Gasteiger charge is -2.21. The highest BCUT2D eigenvalue weighted by atomic mass is 79.9. The second-order valence-corrected chi connectivity index (χ2v) is 5.10. The highest BCUT2D eigenvalue weighted by molar-refractivity contribution is 9.09. The first-order valence-electron chi connectivity index (χ1n) is 5.30. The lowest BCUT2D eigenvalue weighted by Crippen LogP contribution is -2.18. The summed E-state index contributed by atoms with van der Waals surface area (Å²) in [5.74, 6) is 0. The summed E-state index contributed by atoms with van der Waals surface area (Å²) < 4.78 is 0. The molecule has 0 saturated heterocycles. The third kappa shape index (κ3) is 2.05. The largest absolute Gasteiger partial charge is 0.278 e. The van der Waals surface area contributed by atoms with Crippen LogP contribution in [-0.4, -0.2) is 15.5 Å². The van der Waals surface area contributed by atoms with Crippen LogP contribution >= 0.6 is 15.9 Å². The molecular formula is C13H15BrN2. The molecule has 1 aromatic carbocycles. The molecule has 2 nitrogen and oxygen atoms in total. The maximum atomic E-state index is 4.17. The van der Waals surface area contributed by atoms with Gasteiger partial charge in [-0.1, -0.05) is 60.1 Å². The van der Waals surface area contributed by atoms with Gasteiger partial charge in [0.05, 0.1) is 11.9 Å². The molecule has 0 fully saturated rings. The summed E-state index contributed by atoms with van der Waals surface area (Å²) in [5, 5.41) is 8.17. The number of nitrogens with zero attached hydrogens (tertiary/aromatic N) is 1. The Kier molecular flexibility index (Phi) is 3.15. The molecule has 2 aromatic rings. The van der Waals surface area contributed by atoms with Crippen molar-refractivity contribution in [3.05, 3.63) is 42.1 Å². The van der Waals surface area contributed by atoms with Crippen LogP contribution in [0.4, 0.5) is 0 Å². The second kappa shape index (κ2) is 4.42. The van der Waals surface area contributed by atoms with Crippen molar-refractivity contribution in [2.24, 2.45) is 0 Å². The molecule has 0 unspecified atom stereocenters. The van der Waals surface area contributed by atoms with Gasteiger partial charge in [-0.15, -0.1) is 0 Å². The molecule has 16 heavy (non-hydrogen) atoms. The molecule has 1 aromatic heterocycles. The zero-order valence-corrected chi connectivity index (χ0v) is 11.1. The minimum absolute atomic E-state index is 0.0815. The van der Waals surface area contributed by atoms with E-state index < -0.39 is 0 Å². The number of aromatic amines is 1. The van der Waals surface area contributed by atoms with Crippen molar-refractivity contribution < 1.29 is 0 Å². The fourth-order valence-electron chi connectivity index (χ4n) is 1.70. The summed E-state index contributed by atoms with van der Waals surface area (Å²) in [7, 11) is 0. The Balaban J connectivity index is 2.49. The first kappa shape index (κ1) is 11.4. The summed E-state index contributed by atoms with van der Waals surface area (Å²) in [6, 6.07) is 10.3. The van der Waals surface area contributed by atoms with E-state index in [9.17, 15) is 0 Å². The molecule has 0 amide bonds.